The Morgan fingerprint density at radius 1 is 1.56 bits per heavy atom. The first-order valence-electron chi connectivity index (χ1n) is 5.80. The maximum atomic E-state index is 13.9. The van der Waals surface area contributed by atoms with Crippen LogP contribution in [0, 0.1) is 6.92 Å². The molecule has 0 bridgehead atoms. The molecule has 1 saturated heterocycles. The Morgan fingerprint density at radius 2 is 2.31 bits per heavy atom. The van der Waals surface area contributed by atoms with Gasteiger partial charge in [-0.05, 0) is 40.2 Å². The lowest BCUT2D eigenvalue weighted by Crippen LogP contribution is -2.44. The summed E-state index contributed by atoms with van der Waals surface area (Å²) in [7, 11) is 0. The molecule has 90 valence electrons. The zero-order valence-electron chi connectivity index (χ0n) is 10.1. The first-order valence-corrected chi connectivity index (χ1v) is 5.80. The summed E-state index contributed by atoms with van der Waals surface area (Å²) in [6.45, 7) is 6.98. The molecule has 1 aliphatic rings. The lowest BCUT2D eigenvalue weighted by Gasteiger charge is -2.37. The summed E-state index contributed by atoms with van der Waals surface area (Å²) in [4.78, 5) is 6.42. The number of hydrogen-bond acceptors (Lipinski definition) is 3. The van der Waals surface area contributed by atoms with E-state index in [9.17, 15) is 4.39 Å². The van der Waals surface area contributed by atoms with E-state index in [1.165, 1.54) is 0 Å². The SMILES string of the molecule is Cc1nc([C@H](C)N2CCC[C@](C)(F)C2)n[nH]1. The van der Waals surface area contributed by atoms with Gasteiger partial charge in [-0.25, -0.2) is 9.37 Å². The molecule has 16 heavy (non-hydrogen) atoms. The van der Waals surface area contributed by atoms with Gasteiger partial charge >= 0.3 is 0 Å². The molecule has 1 aliphatic heterocycles. The van der Waals surface area contributed by atoms with Crippen LogP contribution in [0.15, 0.2) is 0 Å². The van der Waals surface area contributed by atoms with Crippen LogP contribution in [0.4, 0.5) is 4.39 Å². The lowest BCUT2D eigenvalue weighted by atomic mass is 9.96. The Balaban J connectivity index is 2.07. The van der Waals surface area contributed by atoms with Crippen LogP contribution in [0.2, 0.25) is 0 Å². The summed E-state index contributed by atoms with van der Waals surface area (Å²) in [6, 6.07) is 0.0836. The molecule has 1 fully saturated rings. The van der Waals surface area contributed by atoms with Gasteiger partial charge in [0.2, 0.25) is 0 Å². The fourth-order valence-electron chi connectivity index (χ4n) is 2.27. The number of aryl methyl sites for hydroxylation is 1. The average Bonchev–Trinajstić information content (AvgIpc) is 2.62. The van der Waals surface area contributed by atoms with Crippen LogP contribution in [-0.4, -0.2) is 38.8 Å². The summed E-state index contributed by atoms with van der Waals surface area (Å²) < 4.78 is 13.9. The van der Waals surface area contributed by atoms with Gasteiger partial charge in [0.25, 0.3) is 0 Å². The fraction of sp³-hybridized carbons (Fsp3) is 0.818. The molecule has 1 N–H and O–H groups in total. The van der Waals surface area contributed by atoms with Gasteiger partial charge < -0.3 is 0 Å². The number of H-pyrrole nitrogens is 1. The molecule has 0 aliphatic carbocycles. The standard InChI is InChI=1S/C11H19FN4/c1-8(10-13-9(2)14-15-10)16-6-4-5-11(3,12)7-16/h8H,4-7H2,1-3H3,(H,13,14,15)/t8-,11-/m0/s1. The van der Waals surface area contributed by atoms with E-state index >= 15 is 0 Å². The molecule has 0 unspecified atom stereocenters. The molecule has 0 saturated carbocycles. The minimum absolute atomic E-state index is 0.0836. The van der Waals surface area contributed by atoms with Crippen LogP contribution >= 0.6 is 0 Å². The summed E-state index contributed by atoms with van der Waals surface area (Å²) in [5.74, 6) is 1.57. The summed E-state index contributed by atoms with van der Waals surface area (Å²) in [6.07, 6.45) is 1.56. The molecule has 5 heteroatoms. The van der Waals surface area contributed by atoms with Crippen LogP contribution in [0.3, 0.4) is 0 Å². The molecule has 0 spiro atoms. The maximum absolute atomic E-state index is 13.9. The van der Waals surface area contributed by atoms with Crippen LogP contribution in [0.1, 0.15) is 44.4 Å². The second-order valence-corrected chi connectivity index (χ2v) is 4.94. The highest BCUT2D eigenvalue weighted by molar-refractivity contribution is 4.97. The third-order valence-corrected chi connectivity index (χ3v) is 3.21. The molecule has 0 radical (unpaired) electrons. The van der Waals surface area contributed by atoms with E-state index in [2.05, 4.69) is 20.1 Å². The van der Waals surface area contributed by atoms with Crippen molar-refractivity contribution < 1.29 is 4.39 Å². The van der Waals surface area contributed by atoms with E-state index in [1.54, 1.807) is 6.92 Å². The number of halogens is 1. The third-order valence-electron chi connectivity index (χ3n) is 3.21. The van der Waals surface area contributed by atoms with Gasteiger partial charge in [-0.15, -0.1) is 0 Å². The van der Waals surface area contributed by atoms with Gasteiger partial charge in [0.05, 0.1) is 6.04 Å². The average molecular weight is 226 g/mol. The number of aromatic amines is 1. The molecule has 4 nitrogen and oxygen atoms in total. The number of nitrogens with zero attached hydrogens (tertiary/aromatic N) is 3. The van der Waals surface area contributed by atoms with Crippen molar-refractivity contribution in [2.45, 2.75) is 45.3 Å². The van der Waals surface area contributed by atoms with E-state index in [0.717, 1.165) is 24.6 Å². The molecule has 2 heterocycles. The van der Waals surface area contributed by atoms with Gasteiger partial charge in [-0.2, -0.15) is 5.10 Å². The smallest absolute Gasteiger partial charge is 0.167 e. The van der Waals surface area contributed by atoms with Crippen molar-refractivity contribution in [1.29, 1.82) is 0 Å². The van der Waals surface area contributed by atoms with Crippen molar-refractivity contribution in [2.24, 2.45) is 0 Å². The molecular formula is C11H19FN4. The van der Waals surface area contributed by atoms with Gasteiger partial charge in [-0.3, -0.25) is 10.00 Å². The highest BCUT2D eigenvalue weighted by Gasteiger charge is 2.33. The summed E-state index contributed by atoms with van der Waals surface area (Å²) in [5, 5.41) is 6.97. The predicted molar refractivity (Wildman–Crippen MR) is 59.9 cm³/mol. The van der Waals surface area contributed by atoms with E-state index in [4.69, 9.17) is 0 Å². The van der Waals surface area contributed by atoms with E-state index < -0.39 is 5.67 Å². The molecule has 0 aromatic carbocycles. The molecule has 1 aromatic heterocycles. The van der Waals surface area contributed by atoms with Crippen molar-refractivity contribution in [2.75, 3.05) is 13.1 Å². The Labute approximate surface area is 95.3 Å². The van der Waals surface area contributed by atoms with Crippen LogP contribution in [0.25, 0.3) is 0 Å². The van der Waals surface area contributed by atoms with Crippen LogP contribution in [0.5, 0.6) is 0 Å². The van der Waals surface area contributed by atoms with Gasteiger partial charge in [0.1, 0.15) is 11.5 Å². The second kappa shape index (κ2) is 4.13. The number of aromatic nitrogens is 3. The Hall–Kier alpha value is -0.970. The maximum Gasteiger partial charge on any atom is 0.167 e. The first kappa shape index (κ1) is 11.5. The third kappa shape index (κ3) is 2.40. The number of piperidine rings is 1. The zero-order chi connectivity index (χ0) is 11.8. The highest BCUT2D eigenvalue weighted by atomic mass is 19.1. The Bertz CT molecular complexity index is 361. The largest absolute Gasteiger partial charge is 0.290 e. The van der Waals surface area contributed by atoms with E-state index in [1.807, 2.05) is 13.8 Å². The number of alkyl halides is 1. The van der Waals surface area contributed by atoms with Crippen LogP contribution in [-0.2, 0) is 0 Å². The minimum Gasteiger partial charge on any atom is -0.290 e. The van der Waals surface area contributed by atoms with Crippen molar-refractivity contribution in [3.8, 4) is 0 Å². The first-order chi connectivity index (χ1) is 7.48. The van der Waals surface area contributed by atoms with Crippen molar-refractivity contribution >= 4 is 0 Å². The number of rotatable bonds is 2. The number of hydrogen-bond donors (Lipinski definition) is 1. The highest BCUT2D eigenvalue weighted by Crippen LogP contribution is 2.29. The van der Waals surface area contributed by atoms with Crippen molar-refractivity contribution in [3.63, 3.8) is 0 Å². The Morgan fingerprint density at radius 3 is 2.88 bits per heavy atom. The van der Waals surface area contributed by atoms with Gasteiger partial charge in [0.15, 0.2) is 5.82 Å². The normalized spacial score (nSPS) is 29.2. The monoisotopic (exact) mass is 226 g/mol. The van der Waals surface area contributed by atoms with Crippen molar-refractivity contribution in [3.05, 3.63) is 11.6 Å². The topological polar surface area (TPSA) is 44.8 Å². The quantitative estimate of drug-likeness (QED) is 0.839. The predicted octanol–water partition coefficient (Wildman–Crippen LogP) is 2.00. The molecule has 1 aromatic rings. The summed E-state index contributed by atoms with van der Waals surface area (Å²) >= 11 is 0. The second-order valence-electron chi connectivity index (χ2n) is 4.94. The number of likely N-dealkylation sites (tertiary alicyclic amines) is 1. The Kier molecular flexibility index (Phi) is 2.97. The van der Waals surface area contributed by atoms with Crippen LogP contribution < -0.4 is 0 Å². The van der Waals surface area contributed by atoms with E-state index in [0.29, 0.717) is 13.0 Å². The molecule has 0 amide bonds. The van der Waals surface area contributed by atoms with Crippen molar-refractivity contribution in [1.82, 2.24) is 20.1 Å². The van der Waals surface area contributed by atoms with E-state index in [-0.39, 0.29) is 6.04 Å². The van der Waals surface area contributed by atoms with Gasteiger partial charge in [-0.1, -0.05) is 0 Å². The fourth-order valence-corrected chi connectivity index (χ4v) is 2.27. The number of nitrogens with one attached hydrogen (secondary N) is 1. The molecule has 2 atom stereocenters. The van der Waals surface area contributed by atoms with Gasteiger partial charge in [0, 0.05) is 6.54 Å². The lowest BCUT2D eigenvalue weighted by molar-refractivity contribution is 0.0370. The zero-order valence-corrected chi connectivity index (χ0v) is 10.1. The molecular weight excluding hydrogens is 207 g/mol. The molecule has 2 rings (SSSR count). The minimum atomic E-state index is -1.07. The summed E-state index contributed by atoms with van der Waals surface area (Å²) in [5.41, 5.74) is -1.07.